The first kappa shape index (κ1) is 19.7. The molecule has 0 radical (unpaired) electrons. The van der Waals surface area contributed by atoms with Gasteiger partial charge in [-0.15, -0.1) is 28.6 Å². The number of carbonyl (C=O) groups is 2. The molecule has 1 aliphatic heterocycles. The zero-order valence-corrected chi connectivity index (χ0v) is 17.5. The van der Waals surface area contributed by atoms with Gasteiger partial charge in [-0.25, -0.2) is 9.48 Å². The van der Waals surface area contributed by atoms with E-state index in [2.05, 4.69) is 10.3 Å². The number of ketones is 1. The predicted molar refractivity (Wildman–Crippen MR) is 117 cm³/mol. The summed E-state index contributed by atoms with van der Waals surface area (Å²) in [6.07, 6.45) is 2.73. The summed E-state index contributed by atoms with van der Waals surface area (Å²) in [4.78, 5) is 25.1. The first-order chi connectivity index (χ1) is 14.2. The largest absolute Gasteiger partial charge is 0.465 e. The molecule has 1 aromatic heterocycles. The van der Waals surface area contributed by atoms with Crippen molar-refractivity contribution < 1.29 is 14.3 Å². The number of ether oxygens (including phenoxy) is 1. The summed E-state index contributed by atoms with van der Waals surface area (Å²) in [6.45, 7) is 0.0510. The number of nitrogens with zero attached hydrogens (tertiary/aromatic N) is 3. The fraction of sp³-hybridized carbons (Fsp3) is 0.238. The third-order valence-corrected chi connectivity index (χ3v) is 7.15. The van der Waals surface area contributed by atoms with Crippen LogP contribution in [0.5, 0.6) is 0 Å². The summed E-state index contributed by atoms with van der Waals surface area (Å²) in [5.41, 5.74) is 1.47. The highest BCUT2D eigenvalue weighted by Crippen LogP contribution is 2.40. The third-order valence-electron chi connectivity index (χ3n) is 4.52. The zero-order valence-electron chi connectivity index (χ0n) is 15.8. The fourth-order valence-electron chi connectivity index (χ4n) is 3.06. The van der Waals surface area contributed by atoms with Crippen LogP contribution in [0.4, 0.5) is 0 Å². The molecule has 1 saturated heterocycles. The molecule has 8 heteroatoms. The van der Waals surface area contributed by atoms with Crippen molar-refractivity contribution in [2.45, 2.75) is 13.0 Å². The highest BCUT2D eigenvalue weighted by molar-refractivity contribution is 8.23. The normalized spacial score (nSPS) is 14.0. The molecule has 6 nitrogen and oxygen atoms in total. The Morgan fingerprint density at radius 1 is 1.10 bits per heavy atom. The summed E-state index contributed by atoms with van der Waals surface area (Å²) in [6, 6.07) is 13.5. The average molecular weight is 426 g/mol. The van der Waals surface area contributed by atoms with Gasteiger partial charge in [0.1, 0.15) is 17.8 Å². The molecular formula is C21H19N3O3S2. The smallest absolute Gasteiger partial charge is 0.341 e. The van der Waals surface area contributed by atoms with Crippen molar-refractivity contribution in [2.75, 3.05) is 18.6 Å². The summed E-state index contributed by atoms with van der Waals surface area (Å²) >= 11 is 3.26. The van der Waals surface area contributed by atoms with Gasteiger partial charge in [-0.3, -0.25) is 4.79 Å². The van der Waals surface area contributed by atoms with E-state index in [9.17, 15) is 9.59 Å². The number of benzene rings is 2. The number of esters is 1. The van der Waals surface area contributed by atoms with Crippen LogP contribution in [-0.4, -0.2) is 45.4 Å². The Bertz CT molecular complexity index is 1100. The monoisotopic (exact) mass is 425 g/mol. The molecule has 1 fully saturated rings. The lowest BCUT2D eigenvalue weighted by Gasteiger charge is -2.15. The molecule has 4 rings (SSSR count). The summed E-state index contributed by atoms with van der Waals surface area (Å²) in [5, 5.41) is 10.3. The summed E-state index contributed by atoms with van der Waals surface area (Å²) < 4.78 is 7.32. The molecule has 148 valence electrons. The summed E-state index contributed by atoms with van der Waals surface area (Å²) in [5.74, 6) is 1.41. The molecule has 0 spiro atoms. The molecule has 29 heavy (non-hydrogen) atoms. The van der Waals surface area contributed by atoms with Crippen LogP contribution in [-0.2, 0) is 16.1 Å². The number of methoxy groups -OCH3 is 1. The number of Topliss-reactive ketones (excluding diaryl/α,β-unsaturated/α-hetero) is 1. The SMILES string of the molecule is COC(=O)C(=C1SCCCS1)c1cn(CC(=O)c2ccc3ccccc3c2)nn1. The van der Waals surface area contributed by atoms with Gasteiger partial charge in [0.2, 0.25) is 0 Å². The number of aromatic nitrogens is 3. The highest BCUT2D eigenvalue weighted by atomic mass is 32.2. The van der Waals surface area contributed by atoms with Gasteiger partial charge in [0.25, 0.3) is 0 Å². The van der Waals surface area contributed by atoms with Crippen LogP contribution in [0.15, 0.2) is 52.9 Å². The Labute approximate surface area is 176 Å². The molecule has 2 aromatic carbocycles. The minimum absolute atomic E-state index is 0.0510. The van der Waals surface area contributed by atoms with E-state index in [0.717, 1.165) is 32.9 Å². The topological polar surface area (TPSA) is 74.1 Å². The van der Waals surface area contributed by atoms with Crippen molar-refractivity contribution in [1.29, 1.82) is 0 Å². The number of thioether (sulfide) groups is 2. The van der Waals surface area contributed by atoms with Gasteiger partial charge in [-0.1, -0.05) is 41.6 Å². The molecule has 2 heterocycles. The molecule has 0 unspecified atom stereocenters. The van der Waals surface area contributed by atoms with E-state index in [-0.39, 0.29) is 12.3 Å². The van der Waals surface area contributed by atoms with E-state index >= 15 is 0 Å². The molecule has 0 N–H and O–H groups in total. The minimum atomic E-state index is -0.435. The van der Waals surface area contributed by atoms with Crippen molar-refractivity contribution in [3.8, 4) is 0 Å². The van der Waals surface area contributed by atoms with Gasteiger partial charge in [0, 0.05) is 5.56 Å². The number of rotatable bonds is 5. The van der Waals surface area contributed by atoms with E-state index < -0.39 is 5.97 Å². The van der Waals surface area contributed by atoms with Gasteiger partial charge < -0.3 is 4.74 Å². The second-order valence-electron chi connectivity index (χ2n) is 6.49. The number of carbonyl (C=O) groups excluding carboxylic acids is 2. The third kappa shape index (κ3) is 4.38. The highest BCUT2D eigenvalue weighted by Gasteiger charge is 2.24. The van der Waals surface area contributed by atoms with Crippen molar-refractivity contribution in [1.82, 2.24) is 15.0 Å². The van der Waals surface area contributed by atoms with E-state index in [4.69, 9.17) is 4.74 Å². The standard InChI is InChI=1S/C21H19N3O3S2/c1-27-20(26)19(21-28-9-4-10-29-21)17-12-24(23-22-17)13-18(25)16-8-7-14-5-2-3-6-15(14)11-16/h2-3,5-8,11-12H,4,9-10,13H2,1H3. The van der Waals surface area contributed by atoms with Gasteiger partial charge in [0.15, 0.2) is 5.78 Å². The van der Waals surface area contributed by atoms with Crippen molar-refractivity contribution >= 4 is 51.6 Å². The van der Waals surface area contributed by atoms with E-state index in [1.165, 1.54) is 11.8 Å². The molecule has 0 bridgehead atoms. The Hall–Kier alpha value is -2.58. The molecule has 0 aliphatic carbocycles. The van der Waals surface area contributed by atoms with Gasteiger partial charge in [-0.2, -0.15) is 0 Å². The van der Waals surface area contributed by atoms with Crippen LogP contribution in [0.1, 0.15) is 22.5 Å². The van der Waals surface area contributed by atoms with E-state index in [0.29, 0.717) is 16.8 Å². The van der Waals surface area contributed by atoms with Crippen LogP contribution in [0, 0.1) is 0 Å². The minimum Gasteiger partial charge on any atom is -0.465 e. The first-order valence-electron chi connectivity index (χ1n) is 9.16. The van der Waals surface area contributed by atoms with Gasteiger partial charge in [0.05, 0.1) is 17.5 Å². The number of hydrogen-bond donors (Lipinski definition) is 0. The van der Waals surface area contributed by atoms with Crippen molar-refractivity contribution in [3.63, 3.8) is 0 Å². The molecule has 0 saturated carbocycles. The lowest BCUT2D eigenvalue weighted by atomic mass is 10.0. The van der Waals surface area contributed by atoms with Crippen molar-refractivity contribution in [3.05, 3.63) is 64.2 Å². The fourth-order valence-corrected chi connectivity index (χ4v) is 5.69. The number of hydrogen-bond acceptors (Lipinski definition) is 7. The Balaban J connectivity index is 1.57. The van der Waals surface area contributed by atoms with Gasteiger partial charge >= 0.3 is 5.97 Å². The lowest BCUT2D eigenvalue weighted by molar-refractivity contribution is -0.133. The van der Waals surface area contributed by atoms with Crippen LogP contribution in [0.2, 0.25) is 0 Å². The Kier molecular flexibility index (Phi) is 6.01. The Morgan fingerprint density at radius 2 is 1.86 bits per heavy atom. The maximum atomic E-state index is 12.7. The lowest BCUT2D eigenvalue weighted by Crippen LogP contribution is -2.11. The van der Waals surface area contributed by atoms with E-state index in [1.54, 1.807) is 29.7 Å². The van der Waals surface area contributed by atoms with E-state index in [1.807, 2.05) is 42.5 Å². The predicted octanol–water partition coefficient (Wildman–Crippen LogP) is 4.03. The van der Waals surface area contributed by atoms with Gasteiger partial charge in [-0.05, 0) is 34.8 Å². The molecule has 0 amide bonds. The Morgan fingerprint density at radius 3 is 2.62 bits per heavy atom. The quantitative estimate of drug-likeness (QED) is 0.347. The first-order valence-corrected chi connectivity index (χ1v) is 11.1. The van der Waals surface area contributed by atoms with Crippen molar-refractivity contribution in [2.24, 2.45) is 0 Å². The van der Waals surface area contributed by atoms with Crippen LogP contribution in [0.25, 0.3) is 16.3 Å². The zero-order chi connectivity index (χ0) is 20.2. The molecular weight excluding hydrogens is 406 g/mol. The maximum Gasteiger partial charge on any atom is 0.341 e. The second kappa shape index (κ2) is 8.84. The summed E-state index contributed by atoms with van der Waals surface area (Å²) in [7, 11) is 1.36. The van der Waals surface area contributed by atoms with Crippen LogP contribution < -0.4 is 0 Å². The second-order valence-corrected chi connectivity index (χ2v) is 8.96. The molecule has 1 aliphatic rings. The van der Waals surface area contributed by atoms with Crippen LogP contribution >= 0.6 is 23.5 Å². The molecule has 3 aromatic rings. The maximum absolute atomic E-state index is 12.7. The number of fused-ring (bicyclic) bond motifs is 1. The average Bonchev–Trinajstić information content (AvgIpc) is 3.21. The molecule has 0 atom stereocenters. The van der Waals surface area contributed by atoms with Crippen LogP contribution in [0.3, 0.4) is 0 Å².